The second kappa shape index (κ2) is 5.35. The molecule has 1 aliphatic rings. The van der Waals surface area contributed by atoms with E-state index in [1.165, 1.54) is 31.2 Å². The molecule has 0 unspecified atom stereocenters. The monoisotopic (exact) mass is 219 g/mol. The maximum atomic E-state index is 5.89. The van der Waals surface area contributed by atoms with E-state index in [0.717, 1.165) is 23.8 Å². The van der Waals surface area contributed by atoms with E-state index < -0.39 is 0 Å². The Morgan fingerprint density at radius 2 is 2.06 bits per heavy atom. The topological polar surface area (TPSA) is 35.2 Å². The van der Waals surface area contributed by atoms with Gasteiger partial charge in [0.1, 0.15) is 5.75 Å². The second-order valence-electron chi connectivity index (χ2n) is 4.78. The zero-order valence-electron chi connectivity index (χ0n) is 10.0. The summed E-state index contributed by atoms with van der Waals surface area (Å²) in [6, 6.07) is 6.25. The van der Waals surface area contributed by atoms with Crippen LogP contribution >= 0.6 is 0 Å². The molecule has 1 saturated carbocycles. The van der Waals surface area contributed by atoms with Gasteiger partial charge in [-0.25, -0.2) is 0 Å². The van der Waals surface area contributed by atoms with Crippen molar-refractivity contribution in [1.29, 1.82) is 0 Å². The van der Waals surface area contributed by atoms with Crippen LogP contribution < -0.4 is 10.5 Å². The maximum Gasteiger partial charge on any atom is 0.123 e. The van der Waals surface area contributed by atoms with Gasteiger partial charge in [0.05, 0.1) is 6.61 Å². The van der Waals surface area contributed by atoms with Gasteiger partial charge in [-0.05, 0) is 31.7 Å². The molecule has 1 aliphatic carbocycles. The van der Waals surface area contributed by atoms with E-state index in [1.54, 1.807) is 0 Å². The lowest BCUT2D eigenvalue weighted by Gasteiger charge is -2.14. The highest BCUT2D eigenvalue weighted by Gasteiger charge is 2.16. The molecule has 0 radical (unpaired) electrons. The van der Waals surface area contributed by atoms with Crippen molar-refractivity contribution in [2.75, 3.05) is 6.61 Å². The molecule has 0 atom stereocenters. The summed E-state index contributed by atoms with van der Waals surface area (Å²) in [5.41, 5.74) is 8.09. The molecule has 16 heavy (non-hydrogen) atoms. The molecule has 0 aromatic heterocycles. The third-order valence-electron chi connectivity index (χ3n) is 3.39. The Balaban J connectivity index is 1.97. The van der Waals surface area contributed by atoms with Crippen molar-refractivity contribution in [1.82, 2.24) is 0 Å². The minimum absolute atomic E-state index is 0.557. The fourth-order valence-corrected chi connectivity index (χ4v) is 2.39. The molecular formula is C14H21NO. The highest BCUT2D eigenvalue weighted by atomic mass is 16.5. The van der Waals surface area contributed by atoms with E-state index in [4.69, 9.17) is 10.5 Å². The van der Waals surface area contributed by atoms with Gasteiger partial charge in [0.2, 0.25) is 0 Å². The Bertz CT molecular complexity index is 343. The molecule has 1 fully saturated rings. The predicted molar refractivity (Wildman–Crippen MR) is 66.5 cm³/mol. The SMILES string of the molecule is Cc1ccc(OCC2CCCC2)c(CN)c1. The van der Waals surface area contributed by atoms with Gasteiger partial charge in [-0.1, -0.05) is 30.5 Å². The van der Waals surface area contributed by atoms with Crippen molar-refractivity contribution in [2.24, 2.45) is 11.7 Å². The summed E-state index contributed by atoms with van der Waals surface area (Å²) < 4.78 is 5.89. The summed E-state index contributed by atoms with van der Waals surface area (Å²) in [6.45, 7) is 3.50. The molecule has 0 bridgehead atoms. The quantitative estimate of drug-likeness (QED) is 0.844. The van der Waals surface area contributed by atoms with Crippen molar-refractivity contribution in [3.05, 3.63) is 29.3 Å². The van der Waals surface area contributed by atoms with E-state index in [9.17, 15) is 0 Å². The van der Waals surface area contributed by atoms with Gasteiger partial charge < -0.3 is 10.5 Å². The molecule has 0 heterocycles. The van der Waals surface area contributed by atoms with Crippen molar-refractivity contribution in [2.45, 2.75) is 39.2 Å². The number of hydrogen-bond acceptors (Lipinski definition) is 2. The number of rotatable bonds is 4. The van der Waals surface area contributed by atoms with Crippen LogP contribution in [0.1, 0.15) is 36.8 Å². The average molecular weight is 219 g/mol. The van der Waals surface area contributed by atoms with Gasteiger partial charge in [-0.15, -0.1) is 0 Å². The van der Waals surface area contributed by atoms with E-state index in [0.29, 0.717) is 6.54 Å². The van der Waals surface area contributed by atoms with E-state index in [-0.39, 0.29) is 0 Å². The van der Waals surface area contributed by atoms with Crippen LogP contribution in [0.5, 0.6) is 5.75 Å². The summed E-state index contributed by atoms with van der Waals surface area (Å²) in [5.74, 6) is 1.73. The normalized spacial score (nSPS) is 16.6. The molecular weight excluding hydrogens is 198 g/mol. The number of hydrogen-bond donors (Lipinski definition) is 1. The Hall–Kier alpha value is -1.02. The van der Waals surface area contributed by atoms with Crippen LogP contribution in [-0.4, -0.2) is 6.61 Å². The van der Waals surface area contributed by atoms with Crippen molar-refractivity contribution in [3.8, 4) is 5.75 Å². The Kier molecular flexibility index (Phi) is 3.83. The molecule has 1 aromatic carbocycles. The fraction of sp³-hybridized carbons (Fsp3) is 0.571. The molecule has 2 rings (SSSR count). The van der Waals surface area contributed by atoms with E-state index in [2.05, 4.69) is 19.1 Å². The summed E-state index contributed by atoms with van der Waals surface area (Å²) in [6.07, 6.45) is 5.38. The first-order chi connectivity index (χ1) is 7.79. The number of aryl methyl sites for hydroxylation is 1. The van der Waals surface area contributed by atoms with Crippen LogP contribution in [0, 0.1) is 12.8 Å². The molecule has 0 spiro atoms. The van der Waals surface area contributed by atoms with Crippen LogP contribution in [0.3, 0.4) is 0 Å². The van der Waals surface area contributed by atoms with Crippen LogP contribution in [0.4, 0.5) is 0 Å². The van der Waals surface area contributed by atoms with Crippen LogP contribution in [0.2, 0.25) is 0 Å². The number of benzene rings is 1. The molecule has 2 nitrogen and oxygen atoms in total. The van der Waals surface area contributed by atoms with Crippen molar-refractivity contribution < 1.29 is 4.74 Å². The van der Waals surface area contributed by atoms with Crippen LogP contribution in [-0.2, 0) is 6.54 Å². The van der Waals surface area contributed by atoms with Crippen LogP contribution in [0.25, 0.3) is 0 Å². The molecule has 0 saturated heterocycles. The molecule has 0 aliphatic heterocycles. The molecule has 2 N–H and O–H groups in total. The predicted octanol–water partition coefficient (Wildman–Crippen LogP) is 3.02. The highest BCUT2D eigenvalue weighted by Crippen LogP contribution is 2.27. The van der Waals surface area contributed by atoms with Gasteiger partial charge in [-0.2, -0.15) is 0 Å². The standard InChI is InChI=1S/C14H21NO/c1-11-6-7-14(13(8-11)9-15)16-10-12-4-2-3-5-12/h6-8,12H,2-5,9-10,15H2,1H3. The first-order valence-electron chi connectivity index (χ1n) is 6.22. The van der Waals surface area contributed by atoms with Crippen LogP contribution in [0.15, 0.2) is 18.2 Å². The van der Waals surface area contributed by atoms with Gasteiger partial charge in [-0.3, -0.25) is 0 Å². The van der Waals surface area contributed by atoms with Crippen molar-refractivity contribution in [3.63, 3.8) is 0 Å². The van der Waals surface area contributed by atoms with Crippen molar-refractivity contribution >= 4 is 0 Å². The minimum atomic E-state index is 0.557. The van der Waals surface area contributed by atoms with Gasteiger partial charge in [0.15, 0.2) is 0 Å². The smallest absolute Gasteiger partial charge is 0.123 e. The van der Waals surface area contributed by atoms with Gasteiger partial charge in [0, 0.05) is 12.1 Å². The summed E-state index contributed by atoms with van der Waals surface area (Å²) in [5, 5.41) is 0. The number of ether oxygens (including phenoxy) is 1. The van der Waals surface area contributed by atoms with Gasteiger partial charge in [0.25, 0.3) is 0 Å². The maximum absolute atomic E-state index is 5.89. The lowest BCUT2D eigenvalue weighted by atomic mass is 10.1. The highest BCUT2D eigenvalue weighted by molar-refractivity contribution is 5.36. The van der Waals surface area contributed by atoms with Gasteiger partial charge >= 0.3 is 0 Å². The zero-order chi connectivity index (χ0) is 11.4. The Morgan fingerprint density at radius 1 is 1.31 bits per heavy atom. The zero-order valence-corrected chi connectivity index (χ0v) is 10.0. The molecule has 88 valence electrons. The number of nitrogens with two attached hydrogens (primary N) is 1. The molecule has 2 heteroatoms. The minimum Gasteiger partial charge on any atom is -0.493 e. The molecule has 0 amide bonds. The first-order valence-corrected chi connectivity index (χ1v) is 6.22. The second-order valence-corrected chi connectivity index (χ2v) is 4.78. The summed E-state index contributed by atoms with van der Waals surface area (Å²) >= 11 is 0. The van der Waals surface area contributed by atoms with E-state index in [1.807, 2.05) is 6.07 Å². The fourth-order valence-electron chi connectivity index (χ4n) is 2.39. The summed E-state index contributed by atoms with van der Waals surface area (Å²) in [4.78, 5) is 0. The third-order valence-corrected chi connectivity index (χ3v) is 3.39. The molecule has 1 aromatic rings. The average Bonchev–Trinajstić information content (AvgIpc) is 2.80. The lowest BCUT2D eigenvalue weighted by Crippen LogP contribution is -2.10. The van der Waals surface area contributed by atoms with E-state index >= 15 is 0 Å². The third kappa shape index (κ3) is 2.76. The first kappa shape index (κ1) is 11.5. The Morgan fingerprint density at radius 3 is 2.75 bits per heavy atom. The largest absolute Gasteiger partial charge is 0.493 e. The summed E-state index contributed by atoms with van der Waals surface area (Å²) in [7, 11) is 0. The Labute approximate surface area is 97.8 Å². The lowest BCUT2D eigenvalue weighted by molar-refractivity contribution is 0.250.